The number of benzene rings is 2. The van der Waals surface area contributed by atoms with Crippen molar-refractivity contribution in [2.45, 2.75) is 38.3 Å². The number of nitro benzene ring substituents is 1. The summed E-state index contributed by atoms with van der Waals surface area (Å²) in [4.78, 5) is 43.7. The summed E-state index contributed by atoms with van der Waals surface area (Å²) in [5.41, 5.74) is 1.04. The lowest BCUT2D eigenvalue weighted by molar-refractivity contribution is -0.384. The number of carbonyl (C=O) groups excluding carboxylic acids is 2. The van der Waals surface area contributed by atoms with E-state index in [4.69, 9.17) is 4.84 Å². The molecule has 8 nitrogen and oxygen atoms in total. The highest BCUT2D eigenvalue weighted by Crippen LogP contribution is 2.42. The topological polar surface area (TPSA) is 93.0 Å². The average molecular weight is 395 g/mol. The number of hydrogen-bond acceptors (Lipinski definition) is 6. The van der Waals surface area contributed by atoms with Crippen LogP contribution in [-0.2, 0) is 14.4 Å². The van der Waals surface area contributed by atoms with Crippen molar-refractivity contribution in [3.63, 3.8) is 0 Å². The van der Waals surface area contributed by atoms with Gasteiger partial charge in [-0.15, -0.1) is 0 Å². The largest absolute Gasteiger partial charge is 0.273 e. The van der Waals surface area contributed by atoms with E-state index in [-0.39, 0.29) is 17.6 Å². The van der Waals surface area contributed by atoms with E-state index < -0.39 is 22.9 Å². The molecule has 0 aliphatic carbocycles. The highest BCUT2D eigenvalue weighted by atomic mass is 16.7. The van der Waals surface area contributed by atoms with E-state index in [9.17, 15) is 19.7 Å². The minimum Gasteiger partial charge on any atom is -0.273 e. The lowest BCUT2D eigenvalue weighted by Gasteiger charge is -2.28. The van der Waals surface area contributed by atoms with Gasteiger partial charge in [-0.05, 0) is 30.7 Å². The number of nitro groups is 1. The normalized spacial score (nSPS) is 23.6. The molecule has 0 aromatic heterocycles. The zero-order valence-corrected chi connectivity index (χ0v) is 15.9. The lowest BCUT2D eigenvalue weighted by atomic mass is 9.92. The Morgan fingerprint density at radius 2 is 1.69 bits per heavy atom. The number of nitrogens with zero attached hydrogens (tertiary/aromatic N) is 3. The van der Waals surface area contributed by atoms with Crippen LogP contribution in [0.15, 0.2) is 54.6 Å². The predicted molar refractivity (Wildman–Crippen MR) is 106 cm³/mol. The maximum absolute atomic E-state index is 13.2. The molecule has 2 aromatic rings. The van der Waals surface area contributed by atoms with Crippen LogP contribution in [0.4, 0.5) is 17.1 Å². The highest BCUT2D eigenvalue weighted by Gasteiger charge is 2.59. The van der Waals surface area contributed by atoms with Crippen molar-refractivity contribution in [2.24, 2.45) is 5.92 Å². The molecule has 0 saturated carbocycles. The molecule has 2 amide bonds. The van der Waals surface area contributed by atoms with E-state index in [1.807, 2.05) is 30.3 Å². The summed E-state index contributed by atoms with van der Waals surface area (Å²) in [7, 11) is 0. The summed E-state index contributed by atoms with van der Waals surface area (Å²) in [5, 5.41) is 12.6. The van der Waals surface area contributed by atoms with Gasteiger partial charge < -0.3 is 0 Å². The molecule has 0 radical (unpaired) electrons. The van der Waals surface area contributed by atoms with Crippen LogP contribution in [0.25, 0.3) is 0 Å². The molecule has 2 fully saturated rings. The molecule has 4 rings (SSSR count). The second kappa shape index (κ2) is 7.63. The number of imide groups is 1. The van der Waals surface area contributed by atoms with Crippen molar-refractivity contribution in [1.29, 1.82) is 0 Å². The fourth-order valence-electron chi connectivity index (χ4n) is 4.01. The van der Waals surface area contributed by atoms with Crippen molar-refractivity contribution in [3.8, 4) is 0 Å². The van der Waals surface area contributed by atoms with Gasteiger partial charge in [0.15, 0.2) is 6.10 Å². The number of rotatable bonds is 6. The second-order valence-corrected chi connectivity index (χ2v) is 7.21. The Morgan fingerprint density at radius 1 is 1.00 bits per heavy atom. The zero-order valence-electron chi connectivity index (χ0n) is 15.9. The standard InChI is InChI=1S/C21H21N3O5/c1-2-3-9-17-18-19(29-23(17)15-7-5-4-6-8-15)21(26)22(20(18)25)14-10-12-16(13-11-14)24(27)28/h4-8,10-13,17-19H,2-3,9H2,1H3/t17-,18-,19-/m1/s1. The SMILES string of the molecule is CCCC[C@@H]1[C@H]2C(=O)N(c3ccc([N+](=O)[O-])cc3)C(=O)[C@@H]2ON1c1ccccc1. The molecule has 0 N–H and O–H groups in total. The first-order valence-electron chi connectivity index (χ1n) is 9.66. The van der Waals surface area contributed by atoms with Gasteiger partial charge in [-0.1, -0.05) is 38.0 Å². The Bertz CT molecular complexity index is 931. The first-order chi connectivity index (χ1) is 14.0. The summed E-state index contributed by atoms with van der Waals surface area (Å²) in [5.74, 6) is -1.37. The Balaban J connectivity index is 1.64. The average Bonchev–Trinajstić information content (AvgIpc) is 3.23. The number of para-hydroxylation sites is 1. The second-order valence-electron chi connectivity index (χ2n) is 7.21. The predicted octanol–water partition coefficient (Wildman–Crippen LogP) is 3.46. The van der Waals surface area contributed by atoms with Crippen LogP contribution in [0.2, 0.25) is 0 Å². The van der Waals surface area contributed by atoms with Gasteiger partial charge in [0.2, 0.25) is 5.91 Å². The molecule has 0 spiro atoms. The van der Waals surface area contributed by atoms with Crippen molar-refractivity contribution in [2.75, 3.05) is 9.96 Å². The summed E-state index contributed by atoms with van der Waals surface area (Å²) in [6.45, 7) is 2.07. The quantitative estimate of drug-likeness (QED) is 0.422. The number of non-ortho nitro benzene ring substituents is 1. The van der Waals surface area contributed by atoms with Gasteiger partial charge in [-0.2, -0.15) is 0 Å². The number of carbonyl (C=O) groups is 2. The van der Waals surface area contributed by atoms with Crippen LogP contribution >= 0.6 is 0 Å². The number of hydroxylamine groups is 1. The van der Waals surface area contributed by atoms with Crippen LogP contribution in [0, 0.1) is 16.0 Å². The molecule has 150 valence electrons. The fraction of sp³-hybridized carbons (Fsp3) is 0.333. The first-order valence-corrected chi connectivity index (χ1v) is 9.66. The van der Waals surface area contributed by atoms with Gasteiger partial charge >= 0.3 is 0 Å². The number of amides is 2. The van der Waals surface area contributed by atoms with E-state index in [2.05, 4.69) is 6.92 Å². The van der Waals surface area contributed by atoms with Crippen molar-refractivity contribution >= 4 is 28.9 Å². The maximum atomic E-state index is 13.2. The number of fused-ring (bicyclic) bond motifs is 1. The summed E-state index contributed by atoms with van der Waals surface area (Å²) in [6, 6.07) is 14.6. The lowest BCUT2D eigenvalue weighted by Crippen LogP contribution is -2.40. The van der Waals surface area contributed by atoms with Crippen LogP contribution in [0.5, 0.6) is 0 Å². The smallest absolute Gasteiger partial charge is 0.269 e. The van der Waals surface area contributed by atoms with Crippen LogP contribution in [-0.4, -0.2) is 28.9 Å². The number of unbranched alkanes of at least 4 members (excludes halogenated alkanes) is 1. The van der Waals surface area contributed by atoms with Gasteiger partial charge in [0.1, 0.15) is 0 Å². The Morgan fingerprint density at radius 3 is 2.31 bits per heavy atom. The van der Waals surface area contributed by atoms with Crippen molar-refractivity contribution in [1.82, 2.24) is 0 Å². The third-order valence-corrected chi connectivity index (χ3v) is 5.42. The Kier molecular flexibility index (Phi) is 5.02. The van der Waals surface area contributed by atoms with Gasteiger partial charge in [0.25, 0.3) is 11.6 Å². The molecule has 2 heterocycles. The summed E-state index contributed by atoms with van der Waals surface area (Å²) < 4.78 is 0. The first kappa shape index (κ1) is 19.1. The molecular formula is C21H21N3O5. The molecule has 0 unspecified atom stereocenters. The monoisotopic (exact) mass is 395 g/mol. The minimum absolute atomic E-state index is 0.0969. The molecular weight excluding hydrogens is 374 g/mol. The van der Waals surface area contributed by atoms with Gasteiger partial charge in [0, 0.05) is 12.1 Å². The zero-order chi connectivity index (χ0) is 20.5. The molecule has 29 heavy (non-hydrogen) atoms. The molecule has 2 aromatic carbocycles. The van der Waals surface area contributed by atoms with Crippen LogP contribution in [0.1, 0.15) is 26.2 Å². The number of hydrogen-bond donors (Lipinski definition) is 0. The van der Waals surface area contributed by atoms with E-state index in [1.165, 1.54) is 24.3 Å². The third kappa shape index (κ3) is 3.25. The molecule has 8 heteroatoms. The minimum atomic E-state index is -0.889. The Hall–Kier alpha value is -3.26. The summed E-state index contributed by atoms with van der Waals surface area (Å²) in [6.07, 6.45) is 1.70. The molecule has 0 bridgehead atoms. The van der Waals surface area contributed by atoms with Crippen molar-refractivity contribution < 1.29 is 19.3 Å². The summed E-state index contributed by atoms with van der Waals surface area (Å²) >= 11 is 0. The van der Waals surface area contributed by atoms with E-state index in [1.54, 1.807) is 5.06 Å². The number of anilines is 2. The molecule has 2 aliphatic heterocycles. The van der Waals surface area contributed by atoms with Gasteiger partial charge in [-0.25, -0.2) is 9.96 Å². The molecule has 3 atom stereocenters. The van der Waals surface area contributed by atoms with E-state index in [0.717, 1.165) is 29.8 Å². The van der Waals surface area contributed by atoms with Gasteiger partial charge in [0.05, 0.1) is 28.3 Å². The third-order valence-electron chi connectivity index (χ3n) is 5.42. The Labute approximate surface area is 167 Å². The van der Waals surface area contributed by atoms with Gasteiger partial charge in [-0.3, -0.25) is 24.5 Å². The van der Waals surface area contributed by atoms with E-state index >= 15 is 0 Å². The maximum Gasteiger partial charge on any atom is 0.269 e. The van der Waals surface area contributed by atoms with Crippen LogP contribution < -0.4 is 9.96 Å². The fourth-order valence-corrected chi connectivity index (χ4v) is 4.01. The van der Waals surface area contributed by atoms with Crippen LogP contribution in [0.3, 0.4) is 0 Å². The van der Waals surface area contributed by atoms with Crippen molar-refractivity contribution in [3.05, 3.63) is 64.7 Å². The molecule has 2 aliphatic rings. The molecule has 2 saturated heterocycles. The van der Waals surface area contributed by atoms with E-state index in [0.29, 0.717) is 5.69 Å². The highest BCUT2D eigenvalue weighted by molar-refractivity contribution is 6.23.